The Bertz CT molecular complexity index is 1530. The normalized spacial score (nSPS) is 18.6. The van der Waals surface area contributed by atoms with Gasteiger partial charge < -0.3 is 4.90 Å². The Hall–Kier alpha value is -3.07. The number of amidine groups is 1. The van der Waals surface area contributed by atoms with E-state index in [0.717, 1.165) is 54.7 Å². The number of fused-ring (bicyclic) bond motifs is 2. The molecule has 0 spiro atoms. The number of carbonyl (C=O) groups excluding carboxylic acids is 1. The van der Waals surface area contributed by atoms with Crippen LogP contribution in [0, 0.1) is 6.92 Å². The largest absolute Gasteiger partial charge is 0.334 e. The average Bonchev–Trinajstić information content (AvgIpc) is 3.55. The van der Waals surface area contributed by atoms with E-state index in [1.807, 2.05) is 48.2 Å². The number of hydrogen-bond acceptors (Lipinski definition) is 7. The maximum Gasteiger partial charge on any atom is 0.269 e. The first-order valence-corrected chi connectivity index (χ1v) is 14.3. The predicted octanol–water partition coefficient (Wildman–Crippen LogP) is 7.21. The highest BCUT2D eigenvalue weighted by molar-refractivity contribution is 8.19. The second-order valence-corrected chi connectivity index (χ2v) is 11.8. The molecule has 2 aliphatic heterocycles. The number of thiazole rings is 1. The van der Waals surface area contributed by atoms with Crippen LogP contribution in [-0.2, 0) is 11.2 Å². The van der Waals surface area contributed by atoms with Crippen molar-refractivity contribution in [2.45, 2.75) is 25.2 Å². The fraction of sp³-hybridized carbons (Fsp3) is 0.179. The van der Waals surface area contributed by atoms with Gasteiger partial charge in [0.1, 0.15) is 9.93 Å². The molecule has 0 bridgehead atoms. The summed E-state index contributed by atoms with van der Waals surface area (Å²) >= 11 is 4.83. The number of thioether (sulfide) groups is 2. The first-order valence-electron chi connectivity index (χ1n) is 11.9. The number of aryl methyl sites for hydroxylation is 1. The number of rotatable bonds is 5. The van der Waals surface area contributed by atoms with E-state index >= 15 is 0 Å². The highest BCUT2D eigenvalue weighted by Gasteiger charge is 2.39. The molecule has 1 fully saturated rings. The maximum absolute atomic E-state index is 13.9. The van der Waals surface area contributed by atoms with Gasteiger partial charge >= 0.3 is 0 Å². The van der Waals surface area contributed by atoms with E-state index in [1.165, 1.54) is 22.2 Å². The van der Waals surface area contributed by atoms with Crippen LogP contribution in [0.4, 0.5) is 11.4 Å². The number of nitrogens with zero attached hydrogens (tertiary/aromatic N) is 4. The molecule has 0 radical (unpaired) electrons. The number of carbonyl (C=O) groups is 1. The predicted molar refractivity (Wildman–Crippen MR) is 153 cm³/mol. The number of anilines is 1. The van der Waals surface area contributed by atoms with Crippen molar-refractivity contribution in [1.29, 1.82) is 0 Å². The Morgan fingerprint density at radius 1 is 0.944 bits per heavy atom. The van der Waals surface area contributed by atoms with Crippen LogP contribution in [0.3, 0.4) is 0 Å². The molecule has 3 aromatic carbocycles. The highest BCUT2D eigenvalue weighted by Crippen LogP contribution is 2.50. The van der Waals surface area contributed by atoms with Gasteiger partial charge in [0.15, 0.2) is 5.17 Å². The third-order valence-electron chi connectivity index (χ3n) is 6.15. The minimum Gasteiger partial charge on any atom is -0.334 e. The van der Waals surface area contributed by atoms with E-state index in [-0.39, 0.29) is 5.91 Å². The third-order valence-corrected chi connectivity index (χ3v) is 9.48. The smallest absolute Gasteiger partial charge is 0.269 e. The van der Waals surface area contributed by atoms with Crippen molar-refractivity contribution in [3.63, 3.8) is 0 Å². The van der Waals surface area contributed by atoms with E-state index < -0.39 is 0 Å². The molecule has 1 aromatic heterocycles. The summed E-state index contributed by atoms with van der Waals surface area (Å²) in [5.41, 5.74) is 4.12. The minimum absolute atomic E-state index is 0.0222. The molecule has 2 aliphatic rings. The summed E-state index contributed by atoms with van der Waals surface area (Å²) in [6.45, 7) is 5.52. The molecule has 6 rings (SSSR count). The number of benzene rings is 3. The molecular formula is C28H24N4OS3. The van der Waals surface area contributed by atoms with Crippen molar-refractivity contribution < 1.29 is 4.79 Å². The van der Waals surface area contributed by atoms with E-state index in [2.05, 4.69) is 53.2 Å². The number of aromatic nitrogens is 1. The third kappa shape index (κ3) is 4.34. The molecule has 0 saturated carbocycles. The van der Waals surface area contributed by atoms with Crippen molar-refractivity contribution in [3.8, 4) is 0 Å². The Kier molecular flexibility index (Phi) is 6.33. The topological polar surface area (TPSA) is 48.8 Å². The first-order chi connectivity index (χ1) is 17.6. The lowest BCUT2D eigenvalue weighted by molar-refractivity contribution is -0.122. The maximum atomic E-state index is 13.9. The molecule has 1 saturated heterocycles. The van der Waals surface area contributed by atoms with Gasteiger partial charge in [-0.05, 0) is 67.9 Å². The van der Waals surface area contributed by atoms with E-state index in [0.29, 0.717) is 6.54 Å². The molecule has 0 N–H and O–H groups in total. The van der Waals surface area contributed by atoms with Gasteiger partial charge in [0.25, 0.3) is 5.91 Å². The van der Waals surface area contributed by atoms with Crippen LogP contribution in [-0.4, -0.2) is 34.0 Å². The van der Waals surface area contributed by atoms with Crippen LogP contribution >= 0.6 is 34.9 Å². The summed E-state index contributed by atoms with van der Waals surface area (Å²) in [6.07, 6.45) is 0.768. The molecule has 0 unspecified atom stereocenters. The quantitative estimate of drug-likeness (QED) is 0.256. The van der Waals surface area contributed by atoms with Crippen LogP contribution < -0.4 is 4.90 Å². The molecule has 36 heavy (non-hydrogen) atoms. The summed E-state index contributed by atoms with van der Waals surface area (Å²) in [7, 11) is 0. The Morgan fingerprint density at radius 3 is 2.58 bits per heavy atom. The van der Waals surface area contributed by atoms with Gasteiger partial charge in [-0.25, -0.2) is 9.98 Å². The summed E-state index contributed by atoms with van der Waals surface area (Å²) < 4.78 is 1.15. The zero-order chi connectivity index (χ0) is 24.6. The van der Waals surface area contributed by atoms with Gasteiger partial charge in [0, 0.05) is 18.0 Å². The van der Waals surface area contributed by atoms with Crippen LogP contribution in [0.5, 0.6) is 0 Å². The second kappa shape index (κ2) is 9.76. The van der Waals surface area contributed by atoms with Gasteiger partial charge in [-0.2, -0.15) is 0 Å². The second-order valence-electron chi connectivity index (χ2n) is 8.52. The van der Waals surface area contributed by atoms with Crippen molar-refractivity contribution in [3.05, 3.63) is 93.3 Å². The molecule has 0 aliphatic carbocycles. The summed E-state index contributed by atoms with van der Waals surface area (Å²) in [6, 6.07) is 24.7. The van der Waals surface area contributed by atoms with E-state index in [4.69, 9.17) is 4.99 Å². The van der Waals surface area contributed by atoms with Crippen LogP contribution in [0.25, 0.3) is 10.2 Å². The van der Waals surface area contributed by atoms with Crippen LogP contribution in [0.1, 0.15) is 17.5 Å². The van der Waals surface area contributed by atoms with Gasteiger partial charge in [-0.3, -0.25) is 9.69 Å². The monoisotopic (exact) mass is 528 g/mol. The summed E-state index contributed by atoms with van der Waals surface area (Å²) in [5.74, 6) is 0.0222. The lowest BCUT2D eigenvalue weighted by atomic mass is 10.1. The Labute approximate surface area is 222 Å². The fourth-order valence-corrected chi connectivity index (χ4v) is 7.66. The molecular weight excluding hydrogens is 505 g/mol. The van der Waals surface area contributed by atoms with E-state index in [9.17, 15) is 4.79 Å². The zero-order valence-electron chi connectivity index (χ0n) is 20.0. The first kappa shape index (κ1) is 23.3. The van der Waals surface area contributed by atoms with Gasteiger partial charge in [-0.1, -0.05) is 54.2 Å². The Morgan fingerprint density at radius 2 is 1.75 bits per heavy atom. The van der Waals surface area contributed by atoms with Crippen molar-refractivity contribution >= 4 is 67.5 Å². The van der Waals surface area contributed by atoms with Crippen LogP contribution in [0.2, 0.25) is 0 Å². The highest BCUT2D eigenvalue weighted by atomic mass is 32.2. The Balaban J connectivity index is 1.39. The van der Waals surface area contributed by atoms with Crippen molar-refractivity contribution in [1.82, 2.24) is 9.88 Å². The SMILES string of the molecule is CCN1C(=C2SC(=Nc3ccc4sc(C)nc4c3)N(CCc3ccccc3)C2=O)Sc2ccccc21. The zero-order valence-corrected chi connectivity index (χ0v) is 22.4. The van der Waals surface area contributed by atoms with Crippen molar-refractivity contribution in [2.24, 2.45) is 4.99 Å². The molecule has 3 heterocycles. The fourth-order valence-electron chi connectivity index (χ4n) is 4.43. The van der Waals surface area contributed by atoms with Gasteiger partial charge in [0.05, 0.1) is 26.6 Å². The van der Waals surface area contributed by atoms with Gasteiger partial charge in [0.2, 0.25) is 0 Å². The molecule has 1 amide bonds. The minimum atomic E-state index is 0.0222. The lowest BCUT2D eigenvalue weighted by Gasteiger charge is -2.19. The number of para-hydroxylation sites is 1. The number of amides is 1. The molecule has 0 atom stereocenters. The van der Waals surface area contributed by atoms with Crippen molar-refractivity contribution in [2.75, 3.05) is 18.0 Å². The molecule has 180 valence electrons. The molecule has 5 nitrogen and oxygen atoms in total. The summed E-state index contributed by atoms with van der Waals surface area (Å²) in [5, 5.41) is 2.75. The number of hydrogen-bond donors (Lipinski definition) is 0. The molecule has 8 heteroatoms. The van der Waals surface area contributed by atoms with Crippen LogP contribution in [0.15, 0.2) is 92.6 Å². The molecule has 4 aromatic rings. The number of aliphatic imine (C=N–C) groups is 1. The summed E-state index contributed by atoms with van der Waals surface area (Å²) in [4.78, 5) is 29.5. The van der Waals surface area contributed by atoms with E-state index in [1.54, 1.807) is 23.1 Å². The lowest BCUT2D eigenvalue weighted by Crippen LogP contribution is -2.32. The van der Waals surface area contributed by atoms with Gasteiger partial charge in [-0.15, -0.1) is 11.3 Å². The average molecular weight is 529 g/mol. The standard InChI is InChI=1S/C28H24N4OS3/c1-3-31-22-11-7-8-12-24(22)35-27(31)25-26(33)32(16-15-19-9-5-4-6-10-19)28(36-25)30-20-13-14-23-21(17-20)29-18(2)34-23/h4-14,17H,3,15-16H2,1-2H3.